The third kappa shape index (κ3) is 3.20. The first kappa shape index (κ1) is 15.0. The van der Waals surface area contributed by atoms with E-state index < -0.39 is 33.3 Å². The molecule has 0 spiro atoms. The van der Waals surface area contributed by atoms with Crippen LogP contribution in [-0.4, -0.2) is 19.3 Å². The van der Waals surface area contributed by atoms with Gasteiger partial charge < -0.3 is 5.32 Å². The molecule has 0 atom stereocenters. The molecule has 0 aliphatic carbocycles. The maximum absolute atomic E-state index is 13.4. The number of rotatable bonds is 3. The monoisotopic (exact) mass is 313 g/mol. The average Bonchev–Trinajstić information content (AvgIpc) is 2.41. The van der Waals surface area contributed by atoms with Crippen LogP contribution in [-0.2, 0) is 10.0 Å². The number of nitrogens with one attached hydrogen (secondary N) is 1. The van der Waals surface area contributed by atoms with Crippen LogP contribution in [0, 0.1) is 11.8 Å². The van der Waals surface area contributed by atoms with Crippen LogP contribution in [0.3, 0.4) is 0 Å². The summed E-state index contributed by atoms with van der Waals surface area (Å²) in [4.78, 5) is 14.6. The fraction of sp³-hybridized carbons (Fsp3) is 0. The Bertz CT molecular complexity index is 809. The number of carbonyl (C=O) groups is 1. The number of pyridine rings is 1. The summed E-state index contributed by atoms with van der Waals surface area (Å²) in [5, 5.41) is 7.17. The number of nitrogens with zero attached hydrogens (tertiary/aromatic N) is 1. The summed E-state index contributed by atoms with van der Waals surface area (Å²) in [6.45, 7) is 0. The normalized spacial score (nSPS) is 11.2. The molecule has 9 heteroatoms. The van der Waals surface area contributed by atoms with E-state index in [1.165, 1.54) is 24.3 Å². The van der Waals surface area contributed by atoms with E-state index in [1.807, 2.05) is 0 Å². The van der Waals surface area contributed by atoms with Crippen LogP contribution >= 0.6 is 0 Å². The predicted molar refractivity (Wildman–Crippen MR) is 69.9 cm³/mol. The molecule has 6 nitrogen and oxygen atoms in total. The summed E-state index contributed by atoms with van der Waals surface area (Å²) in [5.74, 6) is -3.88. The zero-order valence-electron chi connectivity index (χ0n) is 10.4. The van der Waals surface area contributed by atoms with E-state index in [0.717, 1.165) is 12.3 Å². The molecule has 21 heavy (non-hydrogen) atoms. The molecule has 0 unspecified atom stereocenters. The van der Waals surface area contributed by atoms with Crippen molar-refractivity contribution in [1.29, 1.82) is 0 Å². The number of halogens is 2. The minimum absolute atomic E-state index is 0.137. The molecule has 3 N–H and O–H groups in total. The second kappa shape index (κ2) is 5.54. The van der Waals surface area contributed by atoms with Crippen molar-refractivity contribution in [2.24, 2.45) is 5.14 Å². The van der Waals surface area contributed by atoms with Gasteiger partial charge in [0.1, 0.15) is 4.90 Å². The van der Waals surface area contributed by atoms with Gasteiger partial charge in [-0.05, 0) is 18.2 Å². The molecule has 0 saturated heterocycles. The first-order chi connectivity index (χ1) is 9.80. The van der Waals surface area contributed by atoms with Gasteiger partial charge in [0.25, 0.3) is 5.91 Å². The first-order valence-corrected chi connectivity index (χ1v) is 7.08. The van der Waals surface area contributed by atoms with Crippen LogP contribution < -0.4 is 10.5 Å². The number of anilines is 1. The van der Waals surface area contributed by atoms with Gasteiger partial charge in [0.2, 0.25) is 16.0 Å². The van der Waals surface area contributed by atoms with Gasteiger partial charge in [-0.3, -0.25) is 4.79 Å². The summed E-state index contributed by atoms with van der Waals surface area (Å²) < 4.78 is 49.2. The molecule has 0 aliphatic rings. The lowest BCUT2D eigenvalue weighted by Gasteiger charge is -2.09. The van der Waals surface area contributed by atoms with Crippen molar-refractivity contribution in [3.05, 3.63) is 53.9 Å². The Kier molecular flexibility index (Phi) is 3.96. The Morgan fingerprint density at radius 1 is 1.19 bits per heavy atom. The minimum Gasteiger partial charge on any atom is -0.321 e. The standard InChI is InChI=1S/C12H9F2N3O3S/c13-10-7(5-6-16-11(10)14)12(18)17-8-3-1-2-4-9(8)21(15,19)20/h1-6H,(H,17,18)(H2,15,19,20). The van der Waals surface area contributed by atoms with E-state index in [-0.39, 0.29) is 10.6 Å². The fourth-order valence-electron chi connectivity index (χ4n) is 1.60. The number of sulfonamides is 1. The zero-order valence-corrected chi connectivity index (χ0v) is 11.2. The van der Waals surface area contributed by atoms with E-state index in [4.69, 9.17) is 5.14 Å². The van der Waals surface area contributed by atoms with Crippen molar-refractivity contribution < 1.29 is 22.0 Å². The summed E-state index contributed by atoms with van der Waals surface area (Å²) in [6.07, 6.45) is 0.916. The highest BCUT2D eigenvalue weighted by molar-refractivity contribution is 7.89. The predicted octanol–water partition coefficient (Wildman–Crippen LogP) is 1.26. The van der Waals surface area contributed by atoms with Crippen molar-refractivity contribution in [3.63, 3.8) is 0 Å². The van der Waals surface area contributed by atoms with Gasteiger partial charge in [0, 0.05) is 6.20 Å². The lowest BCUT2D eigenvalue weighted by atomic mass is 10.2. The SMILES string of the molecule is NS(=O)(=O)c1ccccc1NC(=O)c1ccnc(F)c1F. The number of hydrogen-bond acceptors (Lipinski definition) is 4. The van der Waals surface area contributed by atoms with Gasteiger partial charge in [0.05, 0.1) is 11.3 Å². The molecular weight excluding hydrogens is 304 g/mol. The van der Waals surface area contributed by atoms with Crippen molar-refractivity contribution in [2.45, 2.75) is 4.90 Å². The fourth-order valence-corrected chi connectivity index (χ4v) is 2.30. The highest BCUT2D eigenvalue weighted by Crippen LogP contribution is 2.20. The van der Waals surface area contributed by atoms with Gasteiger partial charge in [-0.25, -0.2) is 22.9 Å². The summed E-state index contributed by atoms with van der Waals surface area (Å²) in [5.41, 5.74) is -0.742. The zero-order chi connectivity index (χ0) is 15.6. The third-order valence-electron chi connectivity index (χ3n) is 2.53. The molecule has 0 bridgehead atoms. The van der Waals surface area contributed by atoms with E-state index in [1.54, 1.807) is 0 Å². The van der Waals surface area contributed by atoms with E-state index in [2.05, 4.69) is 10.3 Å². The molecule has 0 radical (unpaired) electrons. The number of amides is 1. The first-order valence-electron chi connectivity index (χ1n) is 5.54. The number of primary sulfonamides is 1. The number of aromatic nitrogens is 1. The molecule has 1 aromatic carbocycles. The number of hydrogen-bond donors (Lipinski definition) is 2. The third-order valence-corrected chi connectivity index (χ3v) is 3.50. The molecule has 0 aliphatic heterocycles. The summed E-state index contributed by atoms with van der Waals surface area (Å²) in [6, 6.07) is 6.27. The Balaban J connectivity index is 2.40. The molecule has 2 rings (SSSR count). The van der Waals surface area contributed by atoms with Crippen molar-refractivity contribution in [2.75, 3.05) is 5.32 Å². The topological polar surface area (TPSA) is 102 Å². The van der Waals surface area contributed by atoms with Gasteiger partial charge in [-0.1, -0.05) is 12.1 Å². The largest absolute Gasteiger partial charge is 0.321 e. The van der Waals surface area contributed by atoms with Crippen molar-refractivity contribution in [1.82, 2.24) is 4.98 Å². The number of para-hydroxylation sites is 1. The van der Waals surface area contributed by atoms with E-state index in [9.17, 15) is 22.0 Å². The van der Waals surface area contributed by atoms with E-state index >= 15 is 0 Å². The van der Waals surface area contributed by atoms with Crippen LogP contribution in [0.5, 0.6) is 0 Å². The smallest absolute Gasteiger partial charge is 0.258 e. The van der Waals surface area contributed by atoms with Crippen LogP contribution in [0.4, 0.5) is 14.5 Å². The Hall–Kier alpha value is -2.39. The lowest BCUT2D eigenvalue weighted by Crippen LogP contribution is -2.19. The van der Waals surface area contributed by atoms with Gasteiger partial charge in [-0.15, -0.1) is 0 Å². The Morgan fingerprint density at radius 2 is 1.86 bits per heavy atom. The quantitative estimate of drug-likeness (QED) is 0.833. The Labute approximate surface area is 118 Å². The second-order valence-corrected chi connectivity index (χ2v) is 5.49. The Morgan fingerprint density at radius 3 is 2.52 bits per heavy atom. The highest BCUT2D eigenvalue weighted by Gasteiger charge is 2.19. The molecule has 1 heterocycles. The lowest BCUT2D eigenvalue weighted by molar-refractivity contribution is 0.102. The van der Waals surface area contributed by atoms with Gasteiger partial charge in [-0.2, -0.15) is 4.39 Å². The van der Waals surface area contributed by atoms with Crippen LogP contribution in [0.1, 0.15) is 10.4 Å². The number of benzene rings is 1. The van der Waals surface area contributed by atoms with Crippen LogP contribution in [0.15, 0.2) is 41.4 Å². The van der Waals surface area contributed by atoms with Crippen molar-refractivity contribution >= 4 is 21.6 Å². The number of carbonyl (C=O) groups excluding carboxylic acids is 1. The molecule has 110 valence electrons. The van der Waals surface area contributed by atoms with Crippen LogP contribution in [0.2, 0.25) is 0 Å². The molecule has 2 aromatic rings. The molecule has 0 fully saturated rings. The molecule has 1 amide bonds. The summed E-state index contributed by atoms with van der Waals surface area (Å²) in [7, 11) is -4.07. The molecule has 0 saturated carbocycles. The summed E-state index contributed by atoms with van der Waals surface area (Å²) >= 11 is 0. The maximum atomic E-state index is 13.4. The molecular formula is C12H9F2N3O3S. The molecule has 1 aromatic heterocycles. The van der Waals surface area contributed by atoms with Crippen LogP contribution in [0.25, 0.3) is 0 Å². The maximum Gasteiger partial charge on any atom is 0.258 e. The second-order valence-electron chi connectivity index (χ2n) is 3.96. The average molecular weight is 313 g/mol. The minimum atomic E-state index is -4.07. The highest BCUT2D eigenvalue weighted by atomic mass is 32.2. The van der Waals surface area contributed by atoms with Gasteiger partial charge in [0.15, 0.2) is 5.82 Å². The number of nitrogens with two attached hydrogens (primary N) is 1. The van der Waals surface area contributed by atoms with E-state index in [0.29, 0.717) is 0 Å². The van der Waals surface area contributed by atoms with Crippen molar-refractivity contribution in [3.8, 4) is 0 Å². The van der Waals surface area contributed by atoms with Gasteiger partial charge >= 0.3 is 0 Å².